The van der Waals surface area contributed by atoms with E-state index in [4.69, 9.17) is 15.6 Å². The smallest absolute Gasteiger partial charge is 0.336 e. The Hall–Kier alpha value is -2.69. The van der Waals surface area contributed by atoms with Crippen molar-refractivity contribution in [1.82, 2.24) is 16.0 Å². The Morgan fingerprint density at radius 2 is 1.73 bits per heavy atom. The highest BCUT2D eigenvalue weighted by molar-refractivity contribution is 5.95. The number of hydrogen-bond acceptors (Lipinski definition) is 7. The van der Waals surface area contributed by atoms with Crippen molar-refractivity contribution in [1.29, 1.82) is 0 Å². The molecule has 0 bridgehead atoms. The Labute approximate surface area is 175 Å². The monoisotopic (exact) mass is 422 g/mol. The highest BCUT2D eigenvalue weighted by Crippen LogP contribution is 2.22. The molecular weight excluding hydrogens is 392 g/mol. The van der Waals surface area contributed by atoms with Crippen molar-refractivity contribution in [3.8, 4) is 5.75 Å². The Balaban J connectivity index is 1.83. The van der Waals surface area contributed by atoms with E-state index >= 15 is 0 Å². The summed E-state index contributed by atoms with van der Waals surface area (Å²) < 4.78 is 4.85. The van der Waals surface area contributed by atoms with Gasteiger partial charge < -0.3 is 36.6 Å². The number of nitrogens with two attached hydrogens (primary N) is 1. The maximum atomic E-state index is 12.6. The summed E-state index contributed by atoms with van der Waals surface area (Å²) in [5.74, 6) is -2.12. The average molecular weight is 422 g/mol. The van der Waals surface area contributed by atoms with Crippen LogP contribution in [0.15, 0.2) is 24.3 Å². The summed E-state index contributed by atoms with van der Waals surface area (Å²) >= 11 is 0. The second-order valence-corrected chi connectivity index (χ2v) is 7.14. The minimum Gasteiger partial charge on any atom is -0.508 e. The molecule has 2 amide bonds. The molecule has 10 nitrogen and oxygen atoms in total. The molecule has 1 saturated heterocycles. The number of benzene rings is 1. The van der Waals surface area contributed by atoms with Gasteiger partial charge in [-0.3, -0.25) is 9.59 Å². The van der Waals surface area contributed by atoms with E-state index in [1.807, 2.05) is 0 Å². The summed E-state index contributed by atoms with van der Waals surface area (Å²) in [5.41, 5.74) is 6.18. The van der Waals surface area contributed by atoms with Gasteiger partial charge in [0, 0.05) is 13.0 Å². The molecule has 1 aromatic rings. The summed E-state index contributed by atoms with van der Waals surface area (Å²) in [5, 5.41) is 26.9. The van der Waals surface area contributed by atoms with Gasteiger partial charge in [0.2, 0.25) is 5.91 Å². The van der Waals surface area contributed by atoms with Crippen LogP contribution in [0.25, 0.3) is 0 Å². The second-order valence-electron chi connectivity index (χ2n) is 7.14. The molecule has 0 aliphatic carbocycles. The van der Waals surface area contributed by atoms with Crippen LogP contribution in [0.1, 0.15) is 24.8 Å². The molecule has 166 valence electrons. The van der Waals surface area contributed by atoms with E-state index in [0.717, 1.165) is 37.9 Å². The van der Waals surface area contributed by atoms with Crippen molar-refractivity contribution in [2.24, 2.45) is 5.73 Å². The Bertz CT molecular complexity index is 712. The zero-order valence-electron chi connectivity index (χ0n) is 16.8. The largest absolute Gasteiger partial charge is 0.508 e. The predicted octanol–water partition coefficient (Wildman–Crippen LogP) is -0.894. The summed E-state index contributed by atoms with van der Waals surface area (Å²) in [6.45, 7) is 2.72. The number of rotatable bonds is 14. The Morgan fingerprint density at radius 3 is 2.37 bits per heavy atom. The van der Waals surface area contributed by atoms with Gasteiger partial charge in [-0.25, -0.2) is 4.79 Å². The first-order chi connectivity index (χ1) is 14.4. The van der Waals surface area contributed by atoms with E-state index in [2.05, 4.69) is 16.0 Å². The number of nitrogens with one attached hydrogen (secondary N) is 3. The molecule has 0 spiro atoms. The Kier molecular flexibility index (Phi) is 9.52. The quantitative estimate of drug-likeness (QED) is 0.166. The number of amides is 2. The van der Waals surface area contributed by atoms with Gasteiger partial charge >= 0.3 is 5.97 Å². The van der Waals surface area contributed by atoms with E-state index in [-0.39, 0.29) is 18.1 Å². The first-order valence-electron chi connectivity index (χ1n) is 10.1. The van der Waals surface area contributed by atoms with Crippen LogP contribution in [0.2, 0.25) is 0 Å². The first kappa shape index (κ1) is 23.6. The highest BCUT2D eigenvalue weighted by Gasteiger charge is 2.51. The fourth-order valence-corrected chi connectivity index (χ4v) is 2.90. The molecule has 2 rings (SSSR count). The molecule has 3 atom stereocenters. The topological polar surface area (TPSA) is 166 Å². The number of carboxylic acids is 1. The lowest BCUT2D eigenvalue weighted by atomic mass is 10.0. The van der Waals surface area contributed by atoms with E-state index in [1.54, 1.807) is 12.1 Å². The van der Waals surface area contributed by atoms with E-state index < -0.39 is 30.1 Å². The molecule has 7 N–H and O–H groups in total. The van der Waals surface area contributed by atoms with Crippen molar-refractivity contribution in [2.75, 3.05) is 26.2 Å². The van der Waals surface area contributed by atoms with Gasteiger partial charge in [-0.1, -0.05) is 12.1 Å². The lowest BCUT2D eigenvalue weighted by molar-refractivity contribution is -0.138. The molecule has 0 radical (unpaired) electrons. The van der Waals surface area contributed by atoms with Gasteiger partial charge in [-0.15, -0.1) is 0 Å². The number of carbonyl (C=O) groups is 3. The zero-order chi connectivity index (χ0) is 21.9. The molecule has 1 aliphatic heterocycles. The predicted molar refractivity (Wildman–Crippen MR) is 109 cm³/mol. The number of phenols is 1. The van der Waals surface area contributed by atoms with Crippen molar-refractivity contribution < 1.29 is 29.3 Å². The number of aromatic hydroxyl groups is 1. The van der Waals surface area contributed by atoms with Gasteiger partial charge in [0.15, 0.2) is 12.2 Å². The maximum absolute atomic E-state index is 12.6. The minimum atomic E-state index is -1.21. The van der Waals surface area contributed by atoms with Crippen LogP contribution < -0.4 is 21.7 Å². The van der Waals surface area contributed by atoms with Gasteiger partial charge in [-0.05, 0) is 56.6 Å². The third kappa shape index (κ3) is 7.97. The van der Waals surface area contributed by atoms with Crippen LogP contribution >= 0.6 is 0 Å². The number of carbonyl (C=O) groups excluding carboxylic acids is 2. The number of carboxylic acid groups (broad SMARTS) is 1. The molecule has 1 fully saturated rings. The highest BCUT2D eigenvalue weighted by atomic mass is 16.6. The lowest BCUT2D eigenvalue weighted by Crippen LogP contribution is -2.50. The van der Waals surface area contributed by atoms with Crippen LogP contribution in [0.3, 0.4) is 0 Å². The summed E-state index contributed by atoms with van der Waals surface area (Å²) in [6, 6.07) is 5.40. The first-order valence-corrected chi connectivity index (χ1v) is 10.1. The molecule has 0 aromatic heterocycles. The summed E-state index contributed by atoms with van der Waals surface area (Å²) in [4.78, 5) is 35.7. The van der Waals surface area contributed by atoms with Crippen molar-refractivity contribution in [3.05, 3.63) is 29.8 Å². The molecule has 2 unspecified atom stereocenters. The van der Waals surface area contributed by atoms with Crippen molar-refractivity contribution >= 4 is 17.8 Å². The second kappa shape index (κ2) is 12.1. The number of unbranched alkanes of at least 4 members (excludes halogenated alkanes) is 1. The number of ether oxygens (including phenoxy) is 1. The SMILES string of the molecule is NCCCCNCCCNC(=O)[C@H](Cc1ccc(O)cc1)NC(=O)C1OC1C(=O)O. The third-order valence-electron chi connectivity index (χ3n) is 4.64. The van der Waals surface area contributed by atoms with E-state index in [1.165, 1.54) is 12.1 Å². The third-order valence-corrected chi connectivity index (χ3v) is 4.64. The standard InChI is InChI=1S/C20H30N4O6/c21-8-1-2-9-22-10-3-11-23-18(26)15(12-13-4-6-14(25)7-5-13)24-19(27)16-17(30-16)20(28)29/h4-7,15-17,22,25H,1-3,8-12,21H2,(H,23,26)(H,24,27)(H,28,29)/t15-,16?,17?/m0/s1. The minimum absolute atomic E-state index is 0.0958. The molecule has 1 heterocycles. The van der Waals surface area contributed by atoms with Gasteiger partial charge in [-0.2, -0.15) is 0 Å². The molecule has 0 saturated carbocycles. The molecule has 30 heavy (non-hydrogen) atoms. The average Bonchev–Trinajstić information content (AvgIpc) is 3.52. The van der Waals surface area contributed by atoms with Gasteiger partial charge in [0.25, 0.3) is 5.91 Å². The molecular formula is C20H30N4O6. The molecule has 1 aromatic carbocycles. The van der Waals surface area contributed by atoms with Crippen LogP contribution in [-0.4, -0.2) is 72.4 Å². The summed E-state index contributed by atoms with van der Waals surface area (Å²) in [7, 11) is 0. The van der Waals surface area contributed by atoms with Crippen LogP contribution in [0, 0.1) is 0 Å². The zero-order valence-corrected chi connectivity index (χ0v) is 16.8. The number of phenolic OH excluding ortho intramolecular Hbond substituents is 1. The van der Waals surface area contributed by atoms with Crippen molar-refractivity contribution in [2.45, 2.75) is 43.9 Å². The number of aliphatic carboxylic acids is 1. The molecule has 1 aliphatic rings. The van der Waals surface area contributed by atoms with Crippen LogP contribution in [-0.2, 0) is 25.5 Å². The van der Waals surface area contributed by atoms with E-state index in [0.29, 0.717) is 13.1 Å². The van der Waals surface area contributed by atoms with Crippen LogP contribution in [0.5, 0.6) is 5.75 Å². The van der Waals surface area contributed by atoms with Gasteiger partial charge in [0.1, 0.15) is 11.8 Å². The maximum Gasteiger partial charge on any atom is 0.336 e. The fourth-order valence-electron chi connectivity index (χ4n) is 2.90. The lowest BCUT2D eigenvalue weighted by Gasteiger charge is -2.18. The number of epoxide rings is 1. The molecule has 10 heteroatoms. The van der Waals surface area contributed by atoms with Crippen molar-refractivity contribution in [3.63, 3.8) is 0 Å². The van der Waals surface area contributed by atoms with Crippen LogP contribution in [0.4, 0.5) is 0 Å². The summed E-state index contributed by atoms with van der Waals surface area (Å²) in [6.07, 6.45) is 0.629. The Morgan fingerprint density at radius 1 is 1.03 bits per heavy atom. The van der Waals surface area contributed by atoms with Gasteiger partial charge in [0.05, 0.1) is 0 Å². The van der Waals surface area contributed by atoms with E-state index in [9.17, 15) is 19.5 Å². The number of hydrogen-bond donors (Lipinski definition) is 6. The normalized spacial score (nSPS) is 18.4. The fraction of sp³-hybridized carbons (Fsp3) is 0.550.